The molecule has 3 atom stereocenters. The third-order valence-corrected chi connectivity index (χ3v) is 7.11. The molecule has 3 unspecified atom stereocenters. The highest BCUT2D eigenvalue weighted by molar-refractivity contribution is 5.94. The van der Waals surface area contributed by atoms with Gasteiger partial charge < -0.3 is 30.7 Å². The molecule has 0 bridgehead atoms. The third kappa shape index (κ3) is 9.08. The minimum Gasteiger partial charge on any atom is -0.377 e. The maximum atomic E-state index is 12.0. The van der Waals surface area contributed by atoms with Gasteiger partial charge in [-0.3, -0.25) is 15.6 Å². The Labute approximate surface area is 240 Å². The van der Waals surface area contributed by atoms with Crippen LogP contribution in [0.1, 0.15) is 29.6 Å². The Kier molecular flexibility index (Phi) is 10.7. The lowest BCUT2D eigenvalue weighted by Gasteiger charge is -2.31. The van der Waals surface area contributed by atoms with Gasteiger partial charge >= 0.3 is 0 Å². The first-order valence-corrected chi connectivity index (χ1v) is 14.3. The molecule has 1 aliphatic heterocycles. The van der Waals surface area contributed by atoms with Gasteiger partial charge in [0.15, 0.2) is 0 Å². The first-order chi connectivity index (χ1) is 20.2. The summed E-state index contributed by atoms with van der Waals surface area (Å²) in [5, 5.41) is 12.9. The van der Waals surface area contributed by atoms with Crippen LogP contribution in [-0.2, 0) is 9.47 Å². The molecule has 12 nitrogen and oxygen atoms in total. The van der Waals surface area contributed by atoms with Crippen LogP contribution in [0.5, 0.6) is 0 Å². The van der Waals surface area contributed by atoms with Crippen molar-refractivity contribution in [3.63, 3.8) is 0 Å². The predicted octanol–water partition coefficient (Wildman–Crippen LogP) is 2.55. The molecule has 2 heterocycles. The fourth-order valence-corrected chi connectivity index (χ4v) is 5.00. The van der Waals surface area contributed by atoms with Crippen molar-refractivity contribution < 1.29 is 14.3 Å². The molecular formula is C29H39N9O3. The molecule has 2 aromatic carbocycles. The molecule has 5 rings (SSSR count). The second kappa shape index (κ2) is 15.2. The number of benzene rings is 2. The minimum absolute atomic E-state index is 0.106. The predicted molar refractivity (Wildman–Crippen MR) is 158 cm³/mol. The van der Waals surface area contributed by atoms with E-state index in [1.165, 1.54) is 0 Å². The SMILES string of the molecule is O=C(NCCOCCOCCNc1nc(Nc2ccccc2)nc(NC2CCC3CNNC3C2)n1)c1ccccc1. The fourth-order valence-electron chi connectivity index (χ4n) is 5.00. The molecule has 41 heavy (non-hydrogen) atoms. The van der Waals surface area contributed by atoms with E-state index in [0.717, 1.165) is 31.5 Å². The van der Waals surface area contributed by atoms with Gasteiger partial charge in [0.2, 0.25) is 17.8 Å². The van der Waals surface area contributed by atoms with E-state index in [9.17, 15) is 4.79 Å². The summed E-state index contributed by atoms with van der Waals surface area (Å²) in [5.74, 6) is 2.07. The number of hydrogen-bond acceptors (Lipinski definition) is 11. The third-order valence-electron chi connectivity index (χ3n) is 7.11. The first kappa shape index (κ1) is 28.7. The number of carbonyl (C=O) groups is 1. The standard InChI is InChI=1S/C29H39N9O3/c39-26(21-7-3-1-4-8-21)30-13-15-40-17-18-41-16-14-31-27-35-28(33-23-9-5-2-6-10-23)37-29(36-27)34-24-12-11-22-20-32-38-25(22)19-24/h1-10,22,24-25,32,38H,11-20H2,(H,30,39)(H3,31,33,34,35,36,37). The Morgan fingerprint density at radius 3 is 2.34 bits per heavy atom. The molecule has 1 amide bonds. The molecule has 0 spiro atoms. The maximum absolute atomic E-state index is 12.0. The van der Waals surface area contributed by atoms with Crippen molar-refractivity contribution in [3.05, 3.63) is 66.2 Å². The molecule has 218 valence electrons. The molecular weight excluding hydrogens is 522 g/mol. The number of aromatic nitrogens is 3. The summed E-state index contributed by atoms with van der Waals surface area (Å²) in [6.45, 7) is 3.79. The summed E-state index contributed by atoms with van der Waals surface area (Å²) in [7, 11) is 0. The van der Waals surface area contributed by atoms with E-state index in [0.29, 0.717) is 80.9 Å². The lowest BCUT2D eigenvalue weighted by Crippen LogP contribution is -2.40. The lowest BCUT2D eigenvalue weighted by molar-refractivity contribution is 0.0519. The first-order valence-electron chi connectivity index (χ1n) is 14.3. The molecule has 3 aromatic rings. The van der Waals surface area contributed by atoms with Crippen molar-refractivity contribution in [1.82, 2.24) is 31.1 Å². The van der Waals surface area contributed by atoms with E-state index in [2.05, 4.69) is 47.1 Å². The number of nitrogens with zero attached hydrogens (tertiary/aromatic N) is 3. The average molecular weight is 562 g/mol. The number of hydrazine groups is 1. The van der Waals surface area contributed by atoms with Crippen molar-refractivity contribution in [2.24, 2.45) is 5.92 Å². The summed E-state index contributed by atoms with van der Waals surface area (Å²) in [6, 6.07) is 19.7. The molecule has 1 aromatic heterocycles. The molecule has 6 N–H and O–H groups in total. The van der Waals surface area contributed by atoms with Crippen LogP contribution in [0.4, 0.5) is 23.5 Å². The molecule has 0 radical (unpaired) electrons. The summed E-state index contributed by atoms with van der Waals surface area (Å²) < 4.78 is 11.2. The van der Waals surface area contributed by atoms with E-state index in [-0.39, 0.29) is 5.91 Å². The van der Waals surface area contributed by atoms with E-state index >= 15 is 0 Å². The van der Waals surface area contributed by atoms with Crippen LogP contribution >= 0.6 is 0 Å². The summed E-state index contributed by atoms with van der Waals surface area (Å²) >= 11 is 0. The van der Waals surface area contributed by atoms with Crippen LogP contribution in [0.15, 0.2) is 60.7 Å². The average Bonchev–Trinajstić information content (AvgIpc) is 3.47. The van der Waals surface area contributed by atoms with Crippen molar-refractivity contribution >= 4 is 29.4 Å². The van der Waals surface area contributed by atoms with Gasteiger partial charge in [-0.05, 0) is 49.4 Å². The van der Waals surface area contributed by atoms with Crippen LogP contribution in [0, 0.1) is 5.92 Å². The van der Waals surface area contributed by atoms with E-state index in [1.54, 1.807) is 12.1 Å². The normalized spacial score (nSPS) is 19.8. The van der Waals surface area contributed by atoms with Gasteiger partial charge in [0.05, 0.1) is 26.4 Å². The van der Waals surface area contributed by atoms with Crippen molar-refractivity contribution in [2.75, 3.05) is 62.0 Å². The fraction of sp³-hybridized carbons (Fsp3) is 0.448. The number of carbonyl (C=O) groups excluding carboxylic acids is 1. The quantitative estimate of drug-likeness (QED) is 0.152. The summed E-state index contributed by atoms with van der Waals surface area (Å²) in [4.78, 5) is 25.8. The van der Waals surface area contributed by atoms with E-state index in [4.69, 9.17) is 9.47 Å². The molecule has 1 saturated heterocycles. The number of nitrogens with one attached hydrogen (secondary N) is 6. The summed E-state index contributed by atoms with van der Waals surface area (Å²) in [6.07, 6.45) is 3.26. The smallest absolute Gasteiger partial charge is 0.251 e. The van der Waals surface area contributed by atoms with Gasteiger partial charge in [-0.25, -0.2) is 0 Å². The Bertz CT molecular complexity index is 1220. The van der Waals surface area contributed by atoms with Gasteiger partial charge in [-0.2, -0.15) is 15.0 Å². The van der Waals surface area contributed by atoms with E-state index in [1.807, 2.05) is 48.5 Å². The largest absolute Gasteiger partial charge is 0.377 e. The topological polar surface area (TPSA) is 146 Å². The highest BCUT2D eigenvalue weighted by atomic mass is 16.5. The Hall–Kier alpha value is -3.84. The molecule has 2 aliphatic rings. The Morgan fingerprint density at radius 2 is 1.54 bits per heavy atom. The molecule has 1 saturated carbocycles. The Morgan fingerprint density at radius 1 is 0.829 bits per heavy atom. The number of ether oxygens (including phenoxy) is 2. The zero-order chi connectivity index (χ0) is 28.1. The second-order valence-electron chi connectivity index (χ2n) is 10.1. The number of amides is 1. The van der Waals surface area contributed by atoms with Crippen molar-refractivity contribution in [3.8, 4) is 0 Å². The Balaban J connectivity index is 1.03. The van der Waals surface area contributed by atoms with Gasteiger partial charge in [0.25, 0.3) is 5.91 Å². The number of para-hydroxylation sites is 1. The van der Waals surface area contributed by atoms with Gasteiger partial charge in [-0.15, -0.1) is 0 Å². The van der Waals surface area contributed by atoms with Crippen LogP contribution in [0.25, 0.3) is 0 Å². The minimum atomic E-state index is -0.106. The van der Waals surface area contributed by atoms with Gasteiger partial charge in [0.1, 0.15) is 0 Å². The number of hydrogen-bond donors (Lipinski definition) is 6. The number of fused-ring (bicyclic) bond motifs is 1. The van der Waals surface area contributed by atoms with Gasteiger partial charge in [0, 0.05) is 43.0 Å². The second-order valence-corrected chi connectivity index (χ2v) is 10.1. The summed E-state index contributed by atoms with van der Waals surface area (Å²) in [5.41, 5.74) is 8.21. The van der Waals surface area contributed by atoms with E-state index < -0.39 is 0 Å². The van der Waals surface area contributed by atoms with Crippen molar-refractivity contribution in [1.29, 1.82) is 0 Å². The van der Waals surface area contributed by atoms with Crippen LogP contribution < -0.4 is 32.1 Å². The van der Waals surface area contributed by atoms with Crippen LogP contribution in [0.2, 0.25) is 0 Å². The van der Waals surface area contributed by atoms with Crippen LogP contribution in [0.3, 0.4) is 0 Å². The highest BCUT2D eigenvalue weighted by Crippen LogP contribution is 2.28. The monoisotopic (exact) mass is 561 g/mol. The molecule has 1 aliphatic carbocycles. The molecule has 2 fully saturated rings. The maximum Gasteiger partial charge on any atom is 0.251 e. The highest BCUT2D eigenvalue weighted by Gasteiger charge is 2.34. The zero-order valence-electron chi connectivity index (χ0n) is 23.1. The number of rotatable bonds is 15. The van der Waals surface area contributed by atoms with Crippen LogP contribution in [-0.4, -0.2) is 79.0 Å². The molecule has 12 heteroatoms. The lowest BCUT2D eigenvalue weighted by atomic mass is 9.83. The van der Waals surface area contributed by atoms with Crippen molar-refractivity contribution in [2.45, 2.75) is 31.3 Å². The zero-order valence-corrected chi connectivity index (χ0v) is 23.1. The number of anilines is 4. The van der Waals surface area contributed by atoms with Gasteiger partial charge in [-0.1, -0.05) is 36.4 Å².